The van der Waals surface area contributed by atoms with Crippen molar-refractivity contribution in [3.63, 3.8) is 0 Å². The molecule has 1 heterocycles. The summed E-state index contributed by atoms with van der Waals surface area (Å²) >= 11 is 6.03. The molecule has 1 amide bonds. The number of benzene rings is 2. The third-order valence-electron chi connectivity index (χ3n) is 4.46. The van der Waals surface area contributed by atoms with Crippen molar-refractivity contribution >= 4 is 48.9 Å². The fourth-order valence-electron chi connectivity index (χ4n) is 2.99. The molecule has 0 spiro atoms. The largest absolute Gasteiger partial charge is 0.495 e. The molecule has 3 rings (SSSR count). The Labute approximate surface area is 179 Å². The van der Waals surface area contributed by atoms with Gasteiger partial charge in [0, 0.05) is 12.1 Å². The number of rotatable bonds is 6. The molecule has 0 radical (unpaired) electrons. The average molecular weight is 475 g/mol. The first-order valence-electron chi connectivity index (χ1n) is 8.61. The molecule has 162 valence electrons. The van der Waals surface area contributed by atoms with Gasteiger partial charge in [0.15, 0.2) is 0 Å². The number of sulfonamides is 2. The zero-order chi connectivity index (χ0) is 22.3. The van der Waals surface area contributed by atoms with Crippen molar-refractivity contribution in [2.75, 3.05) is 29.0 Å². The smallest absolute Gasteiger partial charge is 0.262 e. The fraction of sp³-hybridized carbons (Fsp3) is 0.278. The average Bonchev–Trinajstić information content (AvgIpc) is 2.89. The Kier molecular flexibility index (Phi) is 5.89. The van der Waals surface area contributed by atoms with Gasteiger partial charge in [-0.2, -0.15) is 0 Å². The zero-order valence-electron chi connectivity index (χ0n) is 16.2. The van der Waals surface area contributed by atoms with E-state index >= 15 is 0 Å². The molecule has 2 aromatic rings. The number of carbonyl (C=O) groups excluding carboxylic acids is 1. The highest BCUT2D eigenvalue weighted by Gasteiger charge is 2.42. The standard InChI is InChI=1S/C18H19ClN2O7S2/c1-11-10-29(23,24)21(18(11)22)12-4-6-13(7-5-12)30(25,26)20-15-9-16(27-2)14(19)8-17(15)28-3/h4-9,11,20H,10H2,1-3H3. The number of carbonyl (C=O) groups is 1. The minimum atomic E-state index is -4.06. The summed E-state index contributed by atoms with van der Waals surface area (Å²) in [5.74, 6) is -1.07. The second-order valence-corrected chi connectivity index (χ2v) is 10.5. The Balaban J connectivity index is 1.93. The van der Waals surface area contributed by atoms with E-state index in [1.54, 1.807) is 0 Å². The summed E-state index contributed by atoms with van der Waals surface area (Å²) in [6.07, 6.45) is 0. The van der Waals surface area contributed by atoms with Crippen LogP contribution in [-0.4, -0.2) is 42.7 Å². The predicted octanol–water partition coefficient (Wildman–Crippen LogP) is 2.47. The quantitative estimate of drug-likeness (QED) is 0.682. The summed E-state index contributed by atoms with van der Waals surface area (Å²) in [7, 11) is -5.09. The molecule has 9 nitrogen and oxygen atoms in total. The van der Waals surface area contributed by atoms with Crippen LogP contribution < -0.4 is 18.5 Å². The van der Waals surface area contributed by atoms with Crippen molar-refractivity contribution in [2.45, 2.75) is 11.8 Å². The number of hydrogen-bond donors (Lipinski definition) is 1. The molecular weight excluding hydrogens is 456 g/mol. The highest BCUT2D eigenvalue weighted by Crippen LogP contribution is 2.37. The second kappa shape index (κ2) is 7.97. The zero-order valence-corrected chi connectivity index (χ0v) is 18.6. The lowest BCUT2D eigenvalue weighted by molar-refractivity contribution is -0.119. The molecule has 0 aliphatic carbocycles. The Hall–Kier alpha value is -2.50. The van der Waals surface area contributed by atoms with Crippen molar-refractivity contribution in [3.05, 3.63) is 41.4 Å². The number of nitrogens with zero attached hydrogens (tertiary/aromatic N) is 1. The monoisotopic (exact) mass is 474 g/mol. The van der Waals surface area contributed by atoms with Crippen molar-refractivity contribution in [3.8, 4) is 11.5 Å². The van der Waals surface area contributed by atoms with Gasteiger partial charge in [-0.15, -0.1) is 0 Å². The van der Waals surface area contributed by atoms with Gasteiger partial charge in [0.1, 0.15) is 11.5 Å². The first-order valence-corrected chi connectivity index (χ1v) is 12.1. The van der Waals surface area contributed by atoms with Crippen molar-refractivity contribution < 1.29 is 31.1 Å². The van der Waals surface area contributed by atoms with E-state index in [-0.39, 0.29) is 38.5 Å². The third-order valence-corrected chi connectivity index (χ3v) is 8.01. The number of amides is 1. The van der Waals surface area contributed by atoms with Crippen LogP contribution in [0.2, 0.25) is 5.02 Å². The number of halogens is 1. The predicted molar refractivity (Wildman–Crippen MR) is 112 cm³/mol. The van der Waals surface area contributed by atoms with Crippen LogP contribution in [0.15, 0.2) is 41.3 Å². The van der Waals surface area contributed by atoms with Crippen LogP contribution in [0, 0.1) is 5.92 Å². The van der Waals surface area contributed by atoms with Gasteiger partial charge >= 0.3 is 0 Å². The Morgan fingerprint density at radius 1 is 1.10 bits per heavy atom. The first kappa shape index (κ1) is 22.2. The molecule has 1 fully saturated rings. The van der Waals surface area contributed by atoms with E-state index in [2.05, 4.69) is 4.72 Å². The first-order chi connectivity index (χ1) is 14.0. The topological polar surface area (TPSA) is 119 Å². The second-order valence-electron chi connectivity index (χ2n) is 6.57. The van der Waals surface area contributed by atoms with Crippen LogP contribution in [0.5, 0.6) is 11.5 Å². The van der Waals surface area contributed by atoms with Gasteiger partial charge in [0.2, 0.25) is 15.9 Å². The highest BCUT2D eigenvalue weighted by molar-refractivity contribution is 7.94. The molecule has 2 aromatic carbocycles. The number of ether oxygens (including phenoxy) is 2. The Morgan fingerprint density at radius 3 is 2.20 bits per heavy atom. The molecule has 1 unspecified atom stereocenters. The summed E-state index contributed by atoms with van der Waals surface area (Å²) in [6.45, 7) is 1.52. The maximum Gasteiger partial charge on any atom is 0.262 e. The molecule has 12 heteroatoms. The summed E-state index contributed by atoms with van der Waals surface area (Å²) in [6, 6.07) is 7.74. The van der Waals surface area contributed by atoms with Crippen LogP contribution in [0.3, 0.4) is 0 Å². The van der Waals surface area contributed by atoms with E-state index in [0.717, 1.165) is 0 Å². The van der Waals surface area contributed by atoms with E-state index in [4.69, 9.17) is 21.1 Å². The van der Waals surface area contributed by atoms with Gasteiger partial charge in [-0.3, -0.25) is 9.52 Å². The van der Waals surface area contributed by atoms with Gasteiger partial charge in [-0.1, -0.05) is 18.5 Å². The third kappa shape index (κ3) is 4.05. The van der Waals surface area contributed by atoms with Gasteiger partial charge in [0.05, 0.1) is 47.2 Å². The van der Waals surface area contributed by atoms with E-state index in [0.29, 0.717) is 4.31 Å². The molecule has 1 aliphatic rings. The SMILES string of the molecule is COc1cc(NS(=O)(=O)c2ccc(N3C(=O)C(C)CS3(=O)=O)cc2)c(OC)cc1Cl. The minimum Gasteiger partial charge on any atom is -0.495 e. The maximum atomic E-state index is 12.8. The Bertz CT molecular complexity index is 1200. The molecule has 30 heavy (non-hydrogen) atoms. The van der Waals surface area contributed by atoms with E-state index < -0.39 is 31.9 Å². The number of hydrogen-bond acceptors (Lipinski definition) is 7. The molecule has 1 aliphatic heterocycles. The summed E-state index contributed by atoms with van der Waals surface area (Å²) in [4.78, 5) is 12.0. The number of anilines is 2. The fourth-order valence-corrected chi connectivity index (χ4v) is 6.10. The lowest BCUT2D eigenvalue weighted by Crippen LogP contribution is -2.30. The van der Waals surface area contributed by atoms with Gasteiger partial charge in [0.25, 0.3) is 10.0 Å². The minimum absolute atomic E-state index is 0.0778. The van der Waals surface area contributed by atoms with Gasteiger partial charge in [-0.05, 0) is 24.3 Å². The Morgan fingerprint density at radius 2 is 1.70 bits per heavy atom. The van der Waals surface area contributed by atoms with Crippen LogP contribution in [0.1, 0.15) is 6.92 Å². The highest BCUT2D eigenvalue weighted by atomic mass is 35.5. The van der Waals surface area contributed by atoms with Crippen molar-refractivity contribution in [1.29, 1.82) is 0 Å². The number of nitrogens with one attached hydrogen (secondary N) is 1. The number of methoxy groups -OCH3 is 2. The van der Waals surface area contributed by atoms with Crippen LogP contribution >= 0.6 is 11.6 Å². The molecule has 0 bridgehead atoms. The molecule has 1 N–H and O–H groups in total. The normalized spacial score (nSPS) is 18.3. The van der Waals surface area contributed by atoms with E-state index in [1.807, 2.05) is 0 Å². The van der Waals surface area contributed by atoms with Crippen LogP contribution in [0.4, 0.5) is 11.4 Å². The van der Waals surface area contributed by atoms with Crippen LogP contribution in [-0.2, 0) is 24.8 Å². The summed E-state index contributed by atoms with van der Waals surface area (Å²) in [5.41, 5.74) is 0.183. The van der Waals surface area contributed by atoms with Crippen molar-refractivity contribution in [1.82, 2.24) is 0 Å². The van der Waals surface area contributed by atoms with Crippen LogP contribution in [0.25, 0.3) is 0 Å². The molecule has 0 saturated carbocycles. The van der Waals surface area contributed by atoms with E-state index in [1.165, 1.54) is 57.5 Å². The summed E-state index contributed by atoms with van der Waals surface area (Å²) in [5, 5.41) is 0.243. The maximum absolute atomic E-state index is 12.8. The van der Waals surface area contributed by atoms with Gasteiger partial charge < -0.3 is 9.47 Å². The van der Waals surface area contributed by atoms with E-state index in [9.17, 15) is 21.6 Å². The molecule has 1 atom stereocenters. The molecule has 1 saturated heterocycles. The van der Waals surface area contributed by atoms with Gasteiger partial charge in [-0.25, -0.2) is 21.1 Å². The lowest BCUT2D eigenvalue weighted by atomic mass is 10.2. The summed E-state index contributed by atoms with van der Waals surface area (Å²) < 4.78 is 63.3. The lowest BCUT2D eigenvalue weighted by Gasteiger charge is -2.17. The van der Waals surface area contributed by atoms with Crippen molar-refractivity contribution in [2.24, 2.45) is 5.92 Å². The molecule has 0 aromatic heterocycles. The molecular formula is C18H19ClN2O7S2.